The molecule has 0 heterocycles. The van der Waals surface area contributed by atoms with Crippen LogP contribution in [-0.2, 0) is 0 Å². The lowest BCUT2D eigenvalue weighted by Crippen LogP contribution is -2.21. The molecular formula is C19H22N2O2. The van der Waals surface area contributed by atoms with E-state index in [0.29, 0.717) is 16.8 Å². The second-order valence-corrected chi connectivity index (χ2v) is 5.98. The highest BCUT2D eigenvalue weighted by atomic mass is 16.2. The topological polar surface area (TPSA) is 49.4 Å². The molecule has 0 saturated carbocycles. The van der Waals surface area contributed by atoms with E-state index < -0.39 is 0 Å². The van der Waals surface area contributed by atoms with Crippen molar-refractivity contribution in [1.82, 2.24) is 4.90 Å². The van der Waals surface area contributed by atoms with Crippen LogP contribution in [-0.4, -0.2) is 30.8 Å². The lowest BCUT2D eigenvalue weighted by Gasteiger charge is -2.12. The van der Waals surface area contributed by atoms with Crippen LogP contribution >= 0.6 is 0 Å². The van der Waals surface area contributed by atoms with Crippen LogP contribution in [0.1, 0.15) is 37.4 Å². The molecule has 2 amide bonds. The Morgan fingerprint density at radius 2 is 1.43 bits per heavy atom. The van der Waals surface area contributed by atoms with E-state index in [4.69, 9.17) is 0 Å². The average Bonchev–Trinajstić information content (AvgIpc) is 2.50. The third-order valence-corrected chi connectivity index (χ3v) is 3.88. The van der Waals surface area contributed by atoms with Crippen molar-refractivity contribution in [2.24, 2.45) is 0 Å². The Kier molecular flexibility index (Phi) is 4.84. The number of aryl methyl sites for hydroxylation is 3. The Morgan fingerprint density at radius 1 is 0.870 bits per heavy atom. The van der Waals surface area contributed by atoms with E-state index in [-0.39, 0.29) is 11.8 Å². The smallest absolute Gasteiger partial charge is 0.255 e. The Balaban J connectivity index is 2.18. The largest absolute Gasteiger partial charge is 0.345 e. The molecule has 0 radical (unpaired) electrons. The van der Waals surface area contributed by atoms with Crippen LogP contribution in [0.4, 0.5) is 5.69 Å². The zero-order valence-corrected chi connectivity index (χ0v) is 14.2. The van der Waals surface area contributed by atoms with Crippen LogP contribution < -0.4 is 5.32 Å². The molecule has 1 N–H and O–H groups in total. The first kappa shape index (κ1) is 16.7. The molecule has 0 fully saturated rings. The first-order valence-electron chi connectivity index (χ1n) is 7.50. The summed E-state index contributed by atoms with van der Waals surface area (Å²) in [6, 6.07) is 10.8. The van der Waals surface area contributed by atoms with E-state index in [9.17, 15) is 9.59 Å². The monoisotopic (exact) mass is 310 g/mol. The zero-order valence-electron chi connectivity index (χ0n) is 14.2. The molecular weight excluding hydrogens is 288 g/mol. The van der Waals surface area contributed by atoms with Crippen molar-refractivity contribution in [1.29, 1.82) is 0 Å². The van der Waals surface area contributed by atoms with Gasteiger partial charge in [0.2, 0.25) is 0 Å². The summed E-state index contributed by atoms with van der Waals surface area (Å²) in [5, 5.41) is 2.88. The van der Waals surface area contributed by atoms with Gasteiger partial charge in [0.15, 0.2) is 0 Å². The summed E-state index contributed by atoms with van der Waals surface area (Å²) in [6.45, 7) is 5.96. The highest BCUT2D eigenvalue weighted by Crippen LogP contribution is 2.18. The van der Waals surface area contributed by atoms with Crippen LogP contribution in [0.3, 0.4) is 0 Å². The lowest BCUT2D eigenvalue weighted by molar-refractivity contribution is 0.0827. The van der Waals surface area contributed by atoms with Crippen molar-refractivity contribution in [3.63, 3.8) is 0 Å². The van der Waals surface area contributed by atoms with Gasteiger partial charge in [-0.25, -0.2) is 0 Å². The van der Waals surface area contributed by atoms with Gasteiger partial charge in [0, 0.05) is 30.9 Å². The molecule has 4 heteroatoms. The SMILES string of the molecule is Cc1cc(C)c(C(=O)Nc2ccc(C(=O)N(C)C)cc2)cc1C. The quantitative estimate of drug-likeness (QED) is 0.942. The number of anilines is 1. The van der Waals surface area contributed by atoms with Crippen LogP contribution in [0.5, 0.6) is 0 Å². The number of amides is 2. The average molecular weight is 310 g/mol. The minimum Gasteiger partial charge on any atom is -0.345 e. The number of carbonyl (C=O) groups excluding carboxylic acids is 2. The van der Waals surface area contributed by atoms with E-state index in [1.165, 1.54) is 10.5 Å². The van der Waals surface area contributed by atoms with E-state index in [0.717, 1.165) is 11.1 Å². The summed E-state index contributed by atoms with van der Waals surface area (Å²) in [5.74, 6) is -0.204. The molecule has 0 aliphatic carbocycles. The highest BCUT2D eigenvalue weighted by Gasteiger charge is 2.12. The van der Waals surface area contributed by atoms with Crippen molar-refractivity contribution in [3.05, 3.63) is 64.2 Å². The number of hydrogen-bond acceptors (Lipinski definition) is 2. The summed E-state index contributed by atoms with van der Waals surface area (Å²) in [4.78, 5) is 25.8. The van der Waals surface area contributed by atoms with E-state index in [2.05, 4.69) is 5.32 Å². The van der Waals surface area contributed by atoms with Gasteiger partial charge in [0.25, 0.3) is 11.8 Å². The third-order valence-electron chi connectivity index (χ3n) is 3.88. The first-order chi connectivity index (χ1) is 10.8. The maximum Gasteiger partial charge on any atom is 0.255 e. The number of hydrogen-bond donors (Lipinski definition) is 1. The molecule has 2 aromatic carbocycles. The molecule has 0 bridgehead atoms. The van der Waals surface area contributed by atoms with Crippen LogP contribution in [0, 0.1) is 20.8 Å². The van der Waals surface area contributed by atoms with Crippen molar-refractivity contribution in [3.8, 4) is 0 Å². The van der Waals surface area contributed by atoms with E-state index in [1.54, 1.807) is 38.4 Å². The van der Waals surface area contributed by atoms with Crippen molar-refractivity contribution >= 4 is 17.5 Å². The second kappa shape index (κ2) is 6.65. The number of carbonyl (C=O) groups is 2. The summed E-state index contributed by atoms with van der Waals surface area (Å²) in [7, 11) is 3.42. The molecule has 2 rings (SSSR count). The van der Waals surface area contributed by atoms with E-state index in [1.807, 2.05) is 32.9 Å². The van der Waals surface area contributed by atoms with Gasteiger partial charge >= 0.3 is 0 Å². The Hall–Kier alpha value is -2.62. The molecule has 0 aliphatic heterocycles. The first-order valence-corrected chi connectivity index (χ1v) is 7.50. The minimum absolute atomic E-state index is 0.0621. The molecule has 0 aromatic heterocycles. The summed E-state index contributed by atoms with van der Waals surface area (Å²) < 4.78 is 0. The fourth-order valence-corrected chi connectivity index (χ4v) is 2.36. The summed E-state index contributed by atoms with van der Waals surface area (Å²) >= 11 is 0. The van der Waals surface area contributed by atoms with Crippen molar-refractivity contribution < 1.29 is 9.59 Å². The van der Waals surface area contributed by atoms with Gasteiger partial charge in [-0.15, -0.1) is 0 Å². The lowest BCUT2D eigenvalue weighted by atomic mass is 10.0. The number of nitrogens with one attached hydrogen (secondary N) is 1. The highest BCUT2D eigenvalue weighted by molar-refractivity contribution is 6.05. The minimum atomic E-state index is -0.141. The molecule has 120 valence electrons. The fourth-order valence-electron chi connectivity index (χ4n) is 2.36. The Labute approximate surface area is 137 Å². The normalized spacial score (nSPS) is 10.3. The molecule has 0 unspecified atom stereocenters. The summed E-state index contributed by atoms with van der Waals surface area (Å²) in [5.41, 5.74) is 5.14. The van der Waals surface area contributed by atoms with Gasteiger partial charge in [0.1, 0.15) is 0 Å². The maximum atomic E-state index is 12.4. The van der Waals surface area contributed by atoms with Gasteiger partial charge in [0.05, 0.1) is 0 Å². The molecule has 0 aliphatic rings. The molecule has 0 spiro atoms. The third kappa shape index (κ3) is 3.77. The Morgan fingerprint density at radius 3 is 2.00 bits per heavy atom. The van der Waals surface area contributed by atoms with Gasteiger partial charge in [-0.1, -0.05) is 6.07 Å². The Bertz CT molecular complexity index is 747. The fraction of sp³-hybridized carbons (Fsp3) is 0.263. The molecule has 0 saturated heterocycles. The second-order valence-electron chi connectivity index (χ2n) is 5.98. The van der Waals surface area contributed by atoms with Gasteiger partial charge in [-0.2, -0.15) is 0 Å². The van der Waals surface area contributed by atoms with Gasteiger partial charge < -0.3 is 10.2 Å². The van der Waals surface area contributed by atoms with Crippen molar-refractivity contribution in [2.75, 3.05) is 19.4 Å². The van der Waals surface area contributed by atoms with Crippen LogP contribution in [0.15, 0.2) is 36.4 Å². The predicted molar refractivity (Wildman–Crippen MR) is 93.1 cm³/mol. The van der Waals surface area contributed by atoms with Crippen LogP contribution in [0.2, 0.25) is 0 Å². The standard InChI is InChI=1S/C19H22N2O2/c1-12-10-14(3)17(11-13(12)2)18(22)20-16-8-6-15(7-9-16)19(23)21(4)5/h6-11H,1-5H3,(H,20,22). The molecule has 23 heavy (non-hydrogen) atoms. The van der Waals surface area contributed by atoms with Crippen molar-refractivity contribution in [2.45, 2.75) is 20.8 Å². The number of nitrogens with zero attached hydrogens (tertiary/aromatic N) is 1. The number of rotatable bonds is 3. The maximum absolute atomic E-state index is 12.4. The zero-order chi connectivity index (χ0) is 17.1. The molecule has 2 aromatic rings. The van der Waals surface area contributed by atoms with Gasteiger partial charge in [-0.05, 0) is 67.8 Å². The summed E-state index contributed by atoms with van der Waals surface area (Å²) in [6.07, 6.45) is 0. The number of benzene rings is 2. The van der Waals surface area contributed by atoms with Crippen LogP contribution in [0.25, 0.3) is 0 Å². The molecule has 4 nitrogen and oxygen atoms in total. The van der Waals surface area contributed by atoms with E-state index >= 15 is 0 Å². The molecule has 0 atom stereocenters. The predicted octanol–water partition coefficient (Wildman–Crippen LogP) is 3.57. The van der Waals surface area contributed by atoms with Gasteiger partial charge in [-0.3, -0.25) is 9.59 Å².